The lowest BCUT2D eigenvalue weighted by Crippen LogP contribution is -2.37. The van der Waals surface area contributed by atoms with Gasteiger partial charge in [0.25, 0.3) is 0 Å². The normalized spacial score (nSPS) is 32.0. The number of nitrogens with one attached hydrogen (secondary N) is 2. The maximum Gasteiger partial charge on any atom is 0.00643 e. The van der Waals surface area contributed by atoms with Gasteiger partial charge in [0, 0.05) is 12.1 Å². The molecule has 1 heterocycles. The first kappa shape index (κ1) is 22.9. The van der Waals surface area contributed by atoms with Gasteiger partial charge in [-0.1, -0.05) is 60.3 Å². The molecule has 0 aromatic heterocycles. The summed E-state index contributed by atoms with van der Waals surface area (Å²) in [5, 5.41) is 6.73. The Bertz CT molecular complexity index is 226. The Labute approximate surface area is 147 Å². The molecule has 3 atom stereocenters. The van der Waals surface area contributed by atoms with Gasteiger partial charge in [0.1, 0.15) is 0 Å². The van der Waals surface area contributed by atoms with E-state index < -0.39 is 0 Å². The Morgan fingerprint density at radius 3 is 1.70 bits per heavy atom. The van der Waals surface area contributed by atoms with Crippen molar-refractivity contribution in [3.8, 4) is 0 Å². The third-order valence-electron chi connectivity index (χ3n) is 5.63. The summed E-state index contributed by atoms with van der Waals surface area (Å²) in [5.74, 6) is 2.93. The van der Waals surface area contributed by atoms with Gasteiger partial charge in [-0.2, -0.15) is 0 Å². The van der Waals surface area contributed by atoms with E-state index in [1.807, 2.05) is 0 Å². The molecular formula is C21H46N2. The van der Waals surface area contributed by atoms with Crippen LogP contribution in [0, 0.1) is 17.8 Å². The van der Waals surface area contributed by atoms with Gasteiger partial charge in [-0.3, -0.25) is 0 Å². The van der Waals surface area contributed by atoms with E-state index in [4.69, 9.17) is 0 Å². The van der Waals surface area contributed by atoms with Crippen molar-refractivity contribution >= 4 is 0 Å². The molecule has 2 N–H and O–H groups in total. The van der Waals surface area contributed by atoms with Crippen LogP contribution in [0.4, 0.5) is 0 Å². The second kappa shape index (κ2) is 14.3. The van der Waals surface area contributed by atoms with Crippen molar-refractivity contribution in [2.75, 3.05) is 13.1 Å². The van der Waals surface area contributed by atoms with E-state index in [1.165, 1.54) is 51.5 Å². The molecular weight excluding hydrogens is 280 g/mol. The lowest BCUT2D eigenvalue weighted by Gasteiger charge is -2.26. The highest BCUT2D eigenvalue weighted by Crippen LogP contribution is 2.27. The third-order valence-corrected chi connectivity index (χ3v) is 5.63. The number of hydrogen-bond donors (Lipinski definition) is 2. The van der Waals surface area contributed by atoms with Crippen LogP contribution in [-0.4, -0.2) is 25.2 Å². The Morgan fingerprint density at radius 2 is 1.43 bits per heavy atom. The van der Waals surface area contributed by atoms with Gasteiger partial charge in [-0.25, -0.2) is 0 Å². The average Bonchev–Trinajstić information content (AvgIpc) is 2.54. The van der Waals surface area contributed by atoms with Crippen LogP contribution in [0.3, 0.4) is 0 Å². The molecule has 0 bridgehead atoms. The molecule has 0 radical (unpaired) electrons. The predicted molar refractivity (Wildman–Crippen MR) is 106 cm³/mol. The molecule has 0 spiro atoms. The molecule has 1 saturated carbocycles. The second-order valence-corrected chi connectivity index (χ2v) is 8.09. The van der Waals surface area contributed by atoms with Crippen LogP contribution in [0.2, 0.25) is 0 Å². The van der Waals surface area contributed by atoms with E-state index in [-0.39, 0.29) is 0 Å². The molecule has 2 nitrogen and oxygen atoms in total. The highest BCUT2D eigenvalue weighted by Gasteiger charge is 2.14. The molecule has 2 aliphatic rings. The van der Waals surface area contributed by atoms with Crippen LogP contribution in [0.25, 0.3) is 0 Å². The molecule has 3 unspecified atom stereocenters. The van der Waals surface area contributed by atoms with E-state index in [0.717, 1.165) is 30.3 Å². The molecule has 140 valence electrons. The second-order valence-electron chi connectivity index (χ2n) is 8.09. The van der Waals surface area contributed by atoms with E-state index in [9.17, 15) is 0 Å². The molecule has 1 aliphatic carbocycles. The lowest BCUT2D eigenvalue weighted by atomic mass is 9.84. The number of hydrogen-bond acceptors (Lipinski definition) is 2. The zero-order valence-electron chi connectivity index (χ0n) is 17.3. The Kier molecular flexibility index (Phi) is 14.2. The van der Waals surface area contributed by atoms with Crippen molar-refractivity contribution in [2.24, 2.45) is 17.8 Å². The molecule has 2 fully saturated rings. The Hall–Kier alpha value is -0.0800. The van der Waals surface area contributed by atoms with Crippen LogP contribution >= 0.6 is 0 Å². The molecule has 2 rings (SSSR count). The maximum atomic E-state index is 3.43. The summed E-state index contributed by atoms with van der Waals surface area (Å²) in [6, 6.07) is 1.45. The quantitative estimate of drug-likeness (QED) is 0.703. The zero-order chi connectivity index (χ0) is 17.7. The molecule has 1 aliphatic heterocycles. The Balaban J connectivity index is 0.000000317. The summed E-state index contributed by atoms with van der Waals surface area (Å²) in [6.07, 6.45) is 9.90. The van der Waals surface area contributed by atoms with Gasteiger partial charge < -0.3 is 10.6 Å². The van der Waals surface area contributed by atoms with Crippen molar-refractivity contribution in [1.29, 1.82) is 0 Å². The fraction of sp³-hybridized carbons (Fsp3) is 1.00. The summed E-state index contributed by atoms with van der Waals surface area (Å²) in [6.45, 7) is 18.2. The molecule has 0 aromatic rings. The summed E-state index contributed by atoms with van der Waals surface area (Å²) >= 11 is 0. The molecule has 0 aromatic carbocycles. The van der Waals surface area contributed by atoms with Crippen molar-refractivity contribution in [3.05, 3.63) is 0 Å². The first-order chi connectivity index (χ1) is 10.9. The molecule has 0 amide bonds. The SMILES string of the molecule is CC1CCC(C)CC1.CC1CCCNC1C.CCNC(C)CC. The summed E-state index contributed by atoms with van der Waals surface area (Å²) in [7, 11) is 0. The first-order valence-corrected chi connectivity index (χ1v) is 10.4. The largest absolute Gasteiger partial charge is 0.315 e. The van der Waals surface area contributed by atoms with Gasteiger partial charge in [0.15, 0.2) is 0 Å². The van der Waals surface area contributed by atoms with Crippen LogP contribution in [0.1, 0.15) is 93.4 Å². The standard InChI is InChI=1S/C8H16.C7H15N.C6H15N/c1-7-3-5-8(2)6-4-7;1-6-4-3-5-8-7(6)2;1-4-6(3)7-5-2/h7-8H,3-6H2,1-2H3;6-8H,3-5H2,1-2H3;6-7H,4-5H2,1-3H3. The van der Waals surface area contributed by atoms with E-state index in [2.05, 4.69) is 59.1 Å². The van der Waals surface area contributed by atoms with Gasteiger partial charge in [0.2, 0.25) is 0 Å². The molecule has 1 saturated heterocycles. The third kappa shape index (κ3) is 12.9. The van der Waals surface area contributed by atoms with E-state index in [0.29, 0.717) is 6.04 Å². The van der Waals surface area contributed by atoms with Crippen molar-refractivity contribution in [2.45, 2.75) is 105 Å². The van der Waals surface area contributed by atoms with Crippen molar-refractivity contribution in [3.63, 3.8) is 0 Å². The Morgan fingerprint density at radius 1 is 0.913 bits per heavy atom. The first-order valence-electron chi connectivity index (χ1n) is 10.4. The average molecular weight is 327 g/mol. The van der Waals surface area contributed by atoms with Crippen LogP contribution in [-0.2, 0) is 0 Å². The lowest BCUT2D eigenvalue weighted by molar-refractivity contribution is 0.308. The van der Waals surface area contributed by atoms with Crippen molar-refractivity contribution in [1.82, 2.24) is 10.6 Å². The van der Waals surface area contributed by atoms with Crippen LogP contribution < -0.4 is 10.6 Å². The van der Waals surface area contributed by atoms with Crippen LogP contribution in [0.5, 0.6) is 0 Å². The monoisotopic (exact) mass is 326 g/mol. The zero-order valence-corrected chi connectivity index (χ0v) is 17.3. The van der Waals surface area contributed by atoms with Gasteiger partial charge in [-0.05, 0) is 64.0 Å². The maximum absolute atomic E-state index is 3.43. The highest BCUT2D eigenvalue weighted by molar-refractivity contribution is 4.73. The van der Waals surface area contributed by atoms with Gasteiger partial charge >= 0.3 is 0 Å². The van der Waals surface area contributed by atoms with Gasteiger partial charge in [0.05, 0.1) is 0 Å². The predicted octanol–water partition coefficient (Wildman–Crippen LogP) is 5.62. The summed E-state index contributed by atoms with van der Waals surface area (Å²) < 4.78 is 0. The summed E-state index contributed by atoms with van der Waals surface area (Å²) in [4.78, 5) is 0. The topological polar surface area (TPSA) is 24.1 Å². The minimum Gasteiger partial charge on any atom is -0.315 e. The summed E-state index contributed by atoms with van der Waals surface area (Å²) in [5.41, 5.74) is 0. The fourth-order valence-corrected chi connectivity index (χ4v) is 3.12. The van der Waals surface area contributed by atoms with Gasteiger partial charge in [-0.15, -0.1) is 0 Å². The van der Waals surface area contributed by atoms with E-state index in [1.54, 1.807) is 0 Å². The fourth-order valence-electron chi connectivity index (χ4n) is 3.12. The van der Waals surface area contributed by atoms with Crippen LogP contribution in [0.15, 0.2) is 0 Å². The minimum absolute atomic E-state index is 0.699. The number of rotatable bonds is 3. The minimum atomic E-state index is 0.699. The van der Waals surface area contributed by atoms with Crippen molar-refractivity contribution < 1.29 is 0 Å². The highest BCUT2D eigenvalue weighted by atomic mass is 14.9. The number of piperidine rings is 1. The smallest absolute Gasteiger partial charge is 0.00643 e. The molecule has 23 heavy (non-hydrogen) atoms. The molecule has 2 heteroatoms. The van der Waals surface area contributed by atoms with E-state index >= 15 is 0 Å².